The molecule has 5 heteroatoms. The normalized spacial score (nSPS) is 23.4. The first-order chi connectivity index (χ1) is 8.69. The Hall–Kier alpha value is -1.75. The van der Waals surface area contributed by atoms with Crippen molar-refractivity contribution < 1.29 is 4.39 Å². The molecule has 3 heterocycles. The molecule has 0 radical (unpaired) electrons. The Bertz CT molecular complexity index is 558. The molecule has 1 unspecified atom stereocenters. The Morgan fingerprint density at radius 3 is 2.94 bits per heavy atom. The van der Waals surface area contributed by atoms with Crippen LogP contribution in [0, 0.1) is 5.82 Å². The Balaban J connectivity index is 2.06. The van der Waals surface area contributed by atoms with Gasteiger partial charge in [-0.3, -0.25) is 4.98 Å². The summed E-state index contributed by atoms with van der Waals surface area (Å²) < 4.78 is 15.2. The molecule has 1 aliphatic rings. The van der Waals surface area contributed by atoms with Crippen LogP contribution in [0.15, 0.2) is 31.0 Å². The van der Waals surface area contributed by atoms with Crippen LogP contribution < -0.4 is 5.32 Å². The van der Waals surface area contributed by atoms with Gasteiger partial charge in [-0.1, -0.05) is 6.92 Å². The molecule has 1 atom stereocenters. The van der Waals surface area contributed by atoms with E-state index in [4.69, 9.17) is 0 Å². The van der Waals surface area contributed by atoms with Gasteiger partial charge in [-0.05, 0) is 13.0 Å². The molecule has 1 N–H and O–H groups in total. The molecule has 0 aromatic carbocycles. The first-order valence-electron chi connectivity index (χ1n) is 6.03. The van der Waals surface area contributed by atoms with Crippen LogP contribution in [0.25, 0.3) is 5.69 Å². The Morgan fingerprint density at radius 2 is 2.22 bits per heavy atom. The number of hydrogen-bond acceptors (Lipinski definition) is 3. The van der Waals surface area contributed by atoms with Crippen LogP contribution in [-0.2, 0) is 5.41 Å². The van der Waals surface area contributed by atoms with Crippen LogP contribution in [-0.4, -0.2) is 27.6 Å². The minimum Gasteiger partial charge on any atom is -0.316 e. The number of imidazole rings is 1. The van der Waals surface area contributed by atoms with Gasteiger partial charge in [0.2, 0.25) is 0 Å². The first kappa shape index (κ1) is 11.3. The summed E-state index contributed by atoms with van der Waals surface area (Å²) in [6, 6.07) is 1.48. The van der Waals surface area contributed by atoms with E-state index >= 15 is 0 Å². The fourth-order valence-corrected chi connectivity index (χ4v) is 2.52. The summed E-state index contributed by atoms with van der Waals surface area (Å²) in [5.74, 6) is -0.332. The van der Waals surface area contributed by atoms with E-state index in [9.17, 15) is 4.39 Å². The Morgan fingerprint density at radius 1 is 1.33 bits per heavy atom. The summed E-state index contributed by atoms with van der Waals surface area (Å²) in [4.78, 5) is 8.09. The van der Waals surface area contributed by atoms with Crippen molar-refractivity contribution in [1.82, 2.24) is 19.9 Å². The van der Waals surface area contributed by atoms with Gasteiger partial charge in [-0.2, -0.15) is 0 Å². The zero-order valence-corrected chi connectivity index (χ0v) is 10.2. The highest BCUT2D eigenvalue weighted by atomic mass is 19.1. The van der Waals surface area contributed by atoms with Gasteiger partial charge < -0.3 is 9.88 Å². The van der Waals surface area contributed by atoms with E-state index in [0.29, 0.717) is 0 Å². The van der Waals surface area contributed by atoms with Gasteiger partial charge in [0.05, 0.1) is 24.4 Å². The monoisotopic (exact) mass is 246 g/mol. The summed E-state index contributed by atoms with van der Waals surface area (Å²) in [7, 11) is 0. The summed E-state index contributed by atoms with van der Waals surface area (Å²) in [5, 5.41) is 3.36. The molecule has 0 amide bonds. The number of rotatable bonds is 2. The van der Waals surface area contributed by atoms with Gasteiger partial charge in [0.15, 0.2) is 0 Å². The van der Waals surface area contributed by atoms with Crippen LogP contribution in [0.1, 0.15) is 19.0 Å². The van der Waals surface area contributed by atoms with Gasteiger partial charge in [-0.25, -0.2) is 9.37 Å². The van der Waals surface area contributed by atoms with Crippen molar-refractivity contribution in [2.45, 2.75) is 18.8 Å². The molecule has 1 aliphatic heterocycles. The second-order valence-electron chi connectivity index (χ2n) is 5.00. The molecule has 94 valence electrons. The maximum absolute atomic E-state index is 13.3. The summed E-state index contributed by atoms with van der Waals surface area (Å²) in [6.07, 6.45) is 7.49. The average Bonchev–Trinajstić information content (AvgIpc) is 2.98. The van der Waals surface area contributed by atoms with Crippen molar-refractivity contribution in [2.24, 2.45) is 0 Å². The molecule has 0 bridgehead atoms. The summed E-state index contributed by atoms with van der Waals surface area (Å²) in [6.45, 7) is 4.12. The fraction of sp³-hybridized carbons (Fsp3) is 0.385. The largest absolute Gasteiger partial charge is 0.316 e. The zero-order valence-electron chi connectivity index (χ0n) is 10.2. The van der Waals surface area contributed by atoms with Gasteiger partial charge in [0.25, 0.3) is 0 Å². The number of pyridine rings is 1. The lowest BCUT2D eigenvalue weighted by molar-refractivity contribution is 0.498. The van der Waals surface area contributed by atoms with Crippen molar-refractivity contribution in [2.75, 3.05) is 13.1 Å². The Labute approximate surface area is 105 Å². The number of halogens is 1. The molecule has 4 nitrogen and oxygen atoms in total. The van der Waals surface area contributed by atoms with E-state index in [1.54, 1.807) is 12.5 Å². The standard InChI is InChI=1S/C13H15FN4/c1-13(2-3-15-8-13)12-7-17-9-18(12)11-4-10(14)5-16-6-11/h4-7,9,15H,2-3,8H2,1H3. The van der Waals surface area contributed by atoms with E-state index < -0.39 is 0 Å². The van der Waals surface area contributed by atoms with E-state index in [2.05, 4.69) is 22.2 Å². The van der Waals surface area contributed by atoms with E-state index in [0.717, 1.165) is 30.9 Å². The van der Waals surface area contributed by atoms with Crippen molar-refractivity contribution in [3.8, 4) is 5.69 Å². The molecular weight excluding hydrogens is 231 g/mol. The van der Waals surface area contributed by atoms with Crippen LogP contribution in [0.2, 0.25) is 0 Å². The van der Waals surface area contributed by atoms with Crippen LogP contribution >= 0.6 is 0 Å². The maximum Gasteiger partial charge on any atom is 0.143 e. The molecule has 0 saturated carbocycles. The van der Waals surface area contributed by atoms with Crippen LogP contribution in [0.4, 0.5) is 4.39 Å². The van der Waals surface area contributed by atoms with Crippen molar-refractivity contribution in [1.29, 1.82) is 0 Å². The number of nitrogens with one attached hydrogen (secondary N) is 1. The molecular formula is C13H15FN4. The molecule has 2 aromatic heterocycles. The van der Waals surface area contributed by atoms with Crippen molar-refractivity contribution in [3.63, 3.8) is 0 Å². The first-order valence-corrected chi connectivity index (χ1v) is 6.03. The molecule has 2 aromatic rings. The zero-order chi connectivity index (χ0) is 12.6. The lowest BCUT2D eigenvalue weighted by Gasteiger charge is -2.24. The molecule has 3 rings (SSSR count). The highest BCUT2D eigenvalue weighted by Crippen LogP contribution is 2.31. The van der Waals surface area contributed by atoms with Crippen LogP contribution in [0.3, 0.4) is 0 Å². The molecule has 18 heavy (non-hydrogen) atoms. The van der Waals surface area contributed by atoms with Crippen molar-refractivity contribution >= 4 is 0 Å². The van der Waals surface area contributed by atoms with Gasteiger partial charge in [0, 0.05) is 29.9 Å². The lowest BCUT2D eigenvalue weighted by atomic mass is 9.86. The number of aromatic nitrogens is 3. The fourth-order valence-electron chi connectivity index (χ4n) is 2.52. The van der Waals surface area contributed by atoms with E-state index in [-0.39, 0.29) is 11.2 Å². The molecule has 1 saturated heterocycles. The molecule has 1 fully saturated rings. The highest BCUT2D eigenvalue weighted by molar-refractivity contribution is 5.34. The number of hydrogen-bond donors (Lipinski definition) is 1. The van der Waals surface area contributed by atoms with E-state index in [1.165, 1.54) is 12.3 Å². The minimum absolute atomic E-state index is 0.0445. The summed E-state index contributed by atoms with van der Waals surface area (Å²) >= 11 is 0. The average molecular weight is 246 g/mol. The third kappa shape index (κ3) is 1.80. The minimum atomic E-state index is -0.332. The second kappa shape index (κ2) is 4.17. The predicted octanol–water partition coefficient (Wildman–Crippen LogP) is 1.66. The van der Waals surface area contributed by atoms with Gasteiger partial charge in [0.1, 0.15) is 5.82 Å². The smallest absolute Gasteiger partial charge is 0.143 e. The quantitative estimate of drug-likeness (QED) is 0.876. The van der Waals surface area contributed by atoms with E-state index in [1.807, 2.05) is 10.8 Å². The summed E-state index contributed by atoms with van der Waals surface area (Å²) in [5.41, 5.74) is 1.86. The maximum atomic E-state index is 13.3. The molecule has 0 spiro atoms. The van der Waals surface area contributed by atoms with Crippen LogP contribution in [0.5, 0.6) is 0 Å². The van der Waals surface area contributed by atoms with Gasteiger partial charge in [-0.15, -0.1) is 0 Å². The lowest BCUT2D eigenvalue weighted by Crippen LogP contribution is -2.27. The third-order valence-electron chi connectivity index (χ3n) is 3.59. The SMILES string of the molecule is CC1(c2cncn2-c2cncc(F)c2)CCNC1. The number of nitrogens with zero attached hydrogens (tertiary/aromatic N) is 3. The van der Waals surface area contributed by atoms with Gasteiger partial charge >= 0.3 is 0 Å². The second-order valence-corrected chi connectivity index (χ2v) is 5.00. The topological polar surface area (TPSA) is 42.7 Å². The highest BCUT2D eigenvalue weighted by Gasteiger charge is 2.33. The predicted molar refractivity (Wildman–Crippen MR) is 66.2 cm³/mol. The Kier molecular flexibility index (Phi) is 2.63. The van der Waals surface area contributed by atoms with Crippen molar-refractivity contribution in [3.05, 3.63) is 42.5 Å². The molecule has 0 aliphatic carbocycles. The third-order valence-corrected chi connectivity index (χ3v) is 3.59.